The maximum atomic E-state index is 4.79. The average molecular weight is 492 g/mol. The van der Waals surface area contributed by atoms with Crippen molar-refractivity contribution < 1.29 is 0 Å². The zero-order valence-corrected chi connectivity index (χ0v) is 22.9. The van der Waals surface area contributed by atoms with Crippen molar-refractivity contribution in [3.05, 3.63) is 35.3 Å². The average Bonchev–Trinajstić information content (AvgIpc) is 3.26. The fraction of sp³-hybridized carbons (Fsp3) is 0.621. The van der Waals surface area contributed by atoms with E-state index < -0.39 is 0 Å². The molecule has 2 fully saturated rings. The minimum atomic E-state index is 0.0997. The highest BCUT2D eigenvalue weighted by Gasteiger charge is 2.39. The van der Waals surface area contributed by atoms with Crippen LogP contribution in [0.2, 0.25) is 0 Å². The second-order valence-electron chi connectivity index (χ2n) is 12.1. The molecule has 0 spiro atoms. The van der Waals surface area contributed by atoms with E-state index >= 15 is 0 Å². The lowest BCUT2D eigenvalue weighted by Gasteiger charge is -2.49. The minimum absolute atomic E-state index is 0.0997. The first-order valence-corrected chi connectivity index (χ1v) is 14.3. The molecule has 5 nitrogen and oxygen atoms in total. The molecule has 188 valence electrons. The topological polar surface area (TPSA) is 53.9 Å². The largest absolute Gasteiger partial charge is 0.355 e. The number of benzene rings is 1. The first-order chi connectivity index (χ1) is 16.7. The number of nitrogens with zero attached hydrogens (tertiary/aromatic N) is 4. The van der Waals surface area contributed by atoms with Gasteiger partial charge in [0, 0.05) is 29.7 Å². The van der Waals surface area contributed by atoms with Crippen LogP contribution in [0.1, 0.15) is 97.0 Å². The maximum Gasteiger partial charge on any atom is 0.151 e. The van der Waals surface area contributed by atoms with Gasteiger partial charge in [0.1, 0.15) is 0 Å². The van der Waals surface area contributed by atoms with Gasteiger partial charge in [0.15, 0.2) is 5.82 Å². The summed E-state index contributed by atoms with van der Waals surface area (Å²) < 4.78 is 1.34. The third-order valence-electron chi connectivity index (χ3n) is 8.06. The van der Waals surface area contributed by atoms with E-state index in [0.717, 1.165) is 35.4 Å². The van der Waals surface area contributed by atoms with E-state index in [9.17, 15) is 0 Å². The molecule has 35 heavy (non-hydrogen) atoms. The van der Waals surface area contributed by atoms with Gasteiger partial charge in [-0.3, -0.25) is 0 Å². The second kappa shape index (κ2) is 9.78. The number of nitrogens with one attached hydrogen (secondary N) is 1. The van der Waals surface area contributed by atoms with Crippen molar-refractivity contribution in [2.24, 2.45) is 0 Å². The van der Waals surface area contributed by atoms with Gasteiger partial charge < -0.3 is 10.2 Å². The highest BCUT2D eigenvalue weighted by molar-refractivity contribution is 7.17. The summed E-state index contributed by atoms with van der Waals surface area (Å²) in [5, 5.41) is 13.2. The Labute approximate surface area is 214 Å². The Hall–Kier alpha value is -2.05. The summed E-state index contributed by atoms with van der Waals surface area (Å²) in [6.45, 7) is 9.18. The highest BCUT2D eigenvalue weighted by atomic mass is 32.1. The van der Waals surface area contributed by atoms with Gasteiger partial charge in [-0.05, 0) is 77.0 Å². The second-order valence-corrected chi connectivity index (χ2v) is 13.0. The van der Waals surface area contributed by atoms with Crippen molar-refractivity contribution in [1.29, 1.82) is 0 Å². The predicted molar refractivity (Wildman–Crippen MR) is 148 cm³/mol. The fourth-order valence-electron chi connectivity index (χ4n) is 6.65. The lowest BCUT2D eigenvalue weighted by molar-refractivity contribution is 0.160. The van der Waals surface area contributed by atoms with E-state index in [0.29, 0.717) is 12.0 Å². The van der Waals surface area contributed by atoms with E-state index in [1.165, 1.54) is 55.2 Å². The van der Waals surface area contributed by atoms with Crippen LogP contribution >= 0.6 is 11.3 Å². The van der Waals surface area contributed by atoms with E-state index in [2.05, 4.69) is 74.3 Å². The summed E-state index contributed by atoms with van der Waals surface area (Å²) in [6, 6.07) is 9.27. The van der Waals surface area contributed by atoms with Gasteiger partial charge in [0.25, 0.3) is 0 Å². The summed E-state index contributed by atoms with van der Waals surface area (Å²) in [4.78, 5) is 7.11. The molecule has 3 aromatic rings. The Balaban J connectivity index is 1.39. The Kier molecular flexibility index (Phi) is 6.88. The molecule has 6 heteroatoms. The lowest BCUT2D eigenvalue weighted by Crippen LogP contribution is -2.62. The third kappa shape index (κ3) is 5.39. The molecular weight excluding hydrogens is 450 g/mol. The summed E-state index contributed by atoms with van der Waals surface area (Å²) in [5.41, 5.74) is 6.79. The number of rotatable bonds is 4. The van der Waals surface area contributed by atoms with Crippen LogP contribution in [0.25, 0.3) is 21.5 Å². The predicted octanol–water partition coefficient (Wildman–Crippen LogP) is 7.33. The molecule has 2 aliphatic rings. The van der Waals surface area contributed by atoms with Crippen molar-refractivity contribution in [2.45, 2.75) is 109 Å². The van der Waals surface area contributed by atoms with Gasteiger partial charge in [0.2, 0.25) is 0 Å². The van der Waals surface area contributed by atoms with E-state index in [-0.39, 0.29) is 11.1 Å². The van der Waals surface area contributed by atoms with E-state index in [1.807, 2.05) is 5.51 Å². The van der Waals surface area contributed by atoms with E-state index in [1.54, 1.807) is 11.3 Å². The van der Waals surface area contributed by atoms with Gasteiger partial charge >= 0.3 is 0 Å². The molecule has 1 aromatic carbocycles. The molecule has 5 rings (SSSR count). The van der Waals surface area contributed by atoms with Crippen LogP contribution in [0.3, 0.4) is 0 Å². The molecule has 0 amide bonds. The number of fused-ring (bicyclic) bond motifs is 1. The molecule has 3 heterocycles. The van der Waals surface area contributed by atoms with Gasteiger partial charge in [0.05, 0.1) is 21.4 Å². The number of hydrogen-bond acceptors (Lipinski definition) is 6. The van der Waals surface area contributed by atoms with Crippen molar-refractivity contribution in [2.75, 3.05) is 11.9 Å². The van der Waals surface area contributed by atoms with Crippen LogP contribution < -0.4 is 10.2 Å². The Morgan fingerprint density at radius 1 is 0.886 bits per heavy atom. The molecule has 0 bridgehead atoms. The van der Waals surface area contributed by atoms with Gasteiger partial charge in [-0.1, -0.05) is 44.2 Å². The molecule has 1 saturated heterocycles. The zero-order chi connectivity index (χ0) is 24.6. The Morgan fingerprint density at radius 3 is 2.23 bits per heavy atom. The summed E-state index contributed by atoms with van der Waals surface area (Å²) in [7, 11) is 2.16. The molecule has 0 atom stereocenters. The van der Waals surface area contributed by atoms with Crippen molar-refractivity contribution in [1.82, 2.24) is 20.5 Å². The maximum absolute atomic E-state index is 4.79. The molecule has 1 aliphatic carbocycles. The first kappa shape index (κ1) is 24.6. The van der Waals surface area contributed by atoms with Crippen LogP contribution in [0.4, 0.5) is 5.82 Å². The fourth-order valence-corrected chi connectivity index (χ4v) is 7.56. The van der Waals surface area contributed by atoms with Crippen molar-refractivity contribution in [3.63, 3.8) is 0 Å². The number of aromatic nitrogens is 3. The van der Waals surface area contributed by atoms with Crippen molar-refractivity contribution in [3.8, 4) is 11.3 Å². The Bertz CT molecular complexity index is 1130. The minimum Gasteiger partial charge on any atom is -0.355 e. The van der Waals surface area contributed by atoms with Crippen LogP contribution in [0.5, 0.6) is 0 Å². The number of hydrogen-bond donors (Lipinski definition) is 1. The molecular formula is C29H41N5S. The summed E-state index contributed by atoms with van der Waals surface area (Å²) in [6.07, 6.45) is 11.6. The smallest absolute Gasteiger partial charge is 0.151 e. The normalized spacial score (nSPS) is 21.5. The third-order valence-corrected chi connectivity index (χ3v) is 8.94. The number of thiazole rings is 1. The SMILES string of the molecule is CN(c1ccc(-c2ccc(C3CCCCCCC3)c3scnc23)nn1)C1CC(C)(C)NC(C)(C)C1. The van der Waals surface area contributed by atoms with E-state index in [4.69, 9.17) is 10.1 Å². The van der Waals surface area contributed by atoms with Gasteiger partial charge in [-0.15, -0.1) is 21.5 Å². The molecule has 1 saturated carbocycles. The molecule has 0 unspecified atom stereocenters. The monoisotopic (exact) mass is 491 g/mol. The van der Waals surface area contributed by atoms with Crippen molar-refractivity contribution >= 4 is 27.4 Å². The van der Waals surface area contributed by atoms with Gasteiger partial charge in [-0.2, -0.15) is 0 Å². The molecule has 1 aliphatic heterocycles. The summed E-state index contributed by atoms with van der Waals surface area (Å²) in [5.74, 6) is 1.60. The molecule has 1 N–H and O–H groups in total. The Morgan fingerprint density at radius 2 is 1.57 bits per heavy atom. The van der Waals surface area contributed by atoms with Gasteiger partial charge in [-0.25, -0.2) is 4.98 Å². The first-order valence-electron chi connectivity index (χ1n) is 13.4. The standard InChI is InChI=1S/C29H41N5S/c1-28(2)17-21(18-29(3,4)33-28)34(5)25-16-15-24(31-32-25)23-14-13-22(27-26(23)30-19-35-27)20-11-9-7-6-8-10-12-20/h13-16,19-21,33H,6-12,17-18H2,1-5H3. The van der Waals surface area contributed by atoms with Crippen LogP contribution in [-0.2, 0) is 0 Å². The zero-order valence-electron chi connectivity index (χ0n) is 22.1. The quantitative estimate of drug-likeness (QED) is 0.414. The van der Waals surface area contributed by atoms with Crippen LogP contribution in [0, 0.1) is 0 Å². The number of anilines is 1. The molecule has 0 radical (unpaired) electrons. The van der Waals surface area contributed by atoms with Crippen LogP contribution in [0.15, 0.2) is 29.8 Å². The summed E-state index contributed by atoms with van der Waals surface area (Å²) >= 11 is 1.78. The molecule has 2 aromatic heterocycles. The lowest BCUT2D eigenvalue weighted by atomic mass is 9.79. The number of piperidine rings is 1. The highest BCUT2D eigenvalue weighted by Crippen LogP contribution is 2.40. The van der Waals surface area contributed by atoms with Crippen LogP contribution in [-0.4, -0.2) is 39.3 Å².